The summed E-state index contributed by atoms with van der Waals surface area (Å²) in [4.78, 5) is 0. The minimum absolute atomic E-state index is 0.796. The van der Waals surface area contributed by atoms with Crippen LogP contribution in [0.15, 0.2) is 0 Å². The normalized spacial score (nSPS) is 12.2. The molecule has 0 rings (SSSR count). The molecule has 23 heavy (non-hydrogen) atoms. The van der Waals surface area contributed by atoms with Crippen LogP contribution >= 0.6 is 0 Å². The van der Waals surface area contributed by atoms with E-state index in [1.807, 2.05) is 0 Å². The summed E-state index contributed by atoms with van der Waals surface area (Å²) in [6.45, 7) is 12.5. The van der Waals surface area contributed by atoms with Gasteiger partial charge in [-0.05, 0) is 24.7 Å². The monoisotopic (exact) mass is 318 g/mol. The first-order valence-electron chi connectivity index (χ1n) is 10.3. The van der Waals surface area contributed by atoms with Crippen molar-refractivity contribution >= 4 is 0 Å². The van der Waals surface area contributed by atoms with Gasteiger partial charge in [0, 0.05) is 12.8 Å². The number of hydrogen-bond acceptors (Lipinski definition) is 0. The summed E-state index contributed by atoms with van der Waals surface area (Å²) >= 11 is 0. The highest BCUT2D eigenvalue weighted by molar-refractivity contribution is 4.98. The lowest BCUT2D eigenvalue weighted by Crippen LogP contribution is -2.08. The molecule has 1 atom stereocenters. The molecule has 0 aliphatic carbocycles. The van der Waals surface area contributed by atoms with Gasteiger partial charge in [-0.2, -0.15) is 0 Å². The van der Waals surface area contributed by atoms with E-state index in [-0.39, 0.29) is 0 Å². The predicted octanol–water partition coefficient (Wildman–Crippen LogP) is 7.78. The topological polar surface area (TPSA) is 0 Å². The summed E-state index contributed by atoms with van der Waals surface area (Å²) in [6, 6.07) is 0. The van der Waals surface area contributed by atoms with Crippen LogP contribution in [0, 0.1) is 37.5 Å². The van der Waals surface area contributed by atoms with E-state index in [1.165, 1.54) is 70.6 Å². The first-order chi connectivity index (χ1) is 11.2. The maximum absolute atomic E-state index is 3.94. The van der Waals surface area contributed by atoms with Crippen molar-refractivity contribution in [3.8, 4) is 11.8 Å². The molecule has 1 unspecified atom stereocenters. The maximum atomic E-state index is 3.94. The fraction of sp³-hybridized carbons (Fsp3) is 0.826. The highest BCUT2D eigenvalue weighted by Crippen LogP contribution is 2.23. The molecule has 0 N–H and O–H groups in total. The Kier molecular flexibility index (Phi) is 17.6. The van der Waals surface area contributed by atoms with Crippen molar-refractivity contribution in [3.63, 3.8) is 0 Å². The van der Waals surface area contributed by atoms with Crippen LogP contribution < -0.4 is 0 Å². The van der Waals surface area contributed by atoms with Crippen LogP contribution in [0.4, 0.5) is 0 Å². The lowest BCUT2D eigenvalue weighted by molar-refractivity contribution is 0.330. The molecule has 134 valence electrons. The molecule has 0 fully saturated rings. The SMILES string of the molecule is [CH2]CCCCCCCCCC#CCCC(CCCC[CH2])C(C)C. The van der Waals surface area contributed by atoms with E-state index in [1.54, 1.807) is 0 Å². The molecule has 0 spiro atoms. The molecule has 0 aromatic rings. The second kappa shape index (κ2) is 17.9. The molecule has 0 amide bonds. The molecule has 0 aliphatic rings. The third-order valence-electron chi connectivity index (χ3n) is 4.83. The molecule has 0 aliphatic heterocycles. The van der Waals surface area contributed by atoms with Crippen LogP contribution in [-0.2, 0) is 0 Å². The van der Waals surface area contributed by atoms with Gasteiger partial charge in [-0.1, -0.05) is 98.3 Å². The Morgan fingerprint density at radius 2 is 1.13 bits per heavy atom. The van der Waals surface area contributed by atoms with Crippen LogP contribution in [0.3, 0.4) is 0 Å². The van der Waals surface area contributed by atoms with Crippen LogP contribution in [0.5, 0.6) is 0 Å². The first-order valence-corrected chi connectivity index (χ1v) is 10.3. The molecule has 0 nitrogen and oxygen atoms in total. The third-order valence-corrected chi connectivity index (χ3v) is 4.83. The molecule has 0 heteroatoms. The van der Waals surface area contributed by atoms with E-state index in [0.29, 0.717) is 0 Å². The van der Waals surface area contributed by atoms with E-state index < -0.39 is 0 Å². The Labute approximate surface area is 148 Å². The molecule has 0 aromatic carbocycles. The van der Waals surface area contributed by atoms with Gasteiger partial charge in [0.05, 0.1) is 0 Å². The summed E-state index contributed by atoms with van der Waals surface area (Å²) in [6.07, 6.45) is 19.2. The quantitative estimate of drug-likeness (QED) is 0.213. The Balaban J connectivity index is 3.51. The van der Waals surface area contributed by atoms with E-state index >= 15 is 0 Å². The van der Waals surface area contributed by atoms with Crippen LogP contribution in [-0.4, -0.2) is 0 Å². The number of unbranched alkanes of at least 4 members (excludes halogenated alkanes) is 10. The van der Waals surface area contributed by atoms with Gasteiger partial charge in [-0.25, -0.2) is 0 Å². The Morgan fingerprint density at radius 3 is 1.74 bits per heavy atom. The molecular weight excluding hydrogens is 276 g/mol. The fourth-order valence-corrected chi connectivity index (χ4v) is 3.10. The van der Waals surface area contributed by atoms with Crippen LogP contribution in [0.2, 0.25) is 0 Å². The van der Waals surface area contributed by atoms with Gasteiger partial charge in [0.25, 0.3) is 0 Å². The van der Waals surface area contributed by atoms with Crippen molar-refractivity contribution < 1.29 is 0 Å². The van der Waals surface area contributed by atoms with E-state index in [2.05, 4.69) is 39.5 Å². The minimum atomic E-state index is 0.796. The first kappa shape index (κ1) is 22.6. The zero-order chi connectivity index (χ0) is 17.2. The lowest BCUT2D eigenvalue weighted by atomic mass is 9.86. The molecule has 2 radical (unpaired) electrons. The van der Waals surface area contributed by atoms with Crippen molar-refractivity contribution in [3.05, 3.63) is 13.8 Å². The van der Waals surface area contributed by atoms with E-state index in [4.69, 9.17) is 0 Å². The summed E-state index contributed by atoms with van der Waals surface area (Å²) in [5, 5.41) is 0. The van der Waals surface area contributed by atoms with E-state index in [9.17, 15) is 0 Å². The largest absolute Gasteiger partial charge is 0.103 e. The highest BCUT2D eigenvalue weighted by atomic mass is 14.2. The zero-order valence-corrected chi connectivity index (χ0v) is 16.2. The average molecular weight is 319 g/mol. The maximum Gasteiger partial charge on any atom is 0.00914 e. The molecule has 0 bridgehead atoms. The van der Waals surface area contributed by atoms with Gasteiger partial charge < -0.3 is 0 Å². The average Bonchev–Trinajstić information content (AvgIpc) is 2.54. The second-order valence-electron chi connectivity index (χ2n) is 7.32. The number of rotatable bonds is 15. The summed E-state index contributed by atoms with van der Waals surface area (Å²) in [5.74, 6) is 8.45. The lowest BCUT2D eigenvalue weighted by Gasteiger charge is -2.19. The molecular formula is C23H42. The molecule has 0 saturated carbocycles. The van der Waals surface area contributed by atoms with Crippen molar-refractivity contribution in [2.75, 3.05) is 0 Å². The number of hydrogen-bond donors (Lipinski definition) is 0. The Hall–Kier alpha value is -0.440. The third kappa shape index (κ3) is 16.2. The van der Waals surface area contributed by atoms with Crippen LogP contribution in [0.1, 0.15) is 110 Å². The molecule has 0 saturated heterocycles. The van der Waals surface area contributed by atoms with Crippen molar-refractivity contribution in [2.24, 2.45) is 11.8 Å². The van der Waals surface area contributed by atoms with Gasteiger partial charge in [-0.3, -0.25) is 0 Å². The van der Waals surface area contributed by atoms with Crippen molar-refractivity contribution in [1.29, 1.82) is 0 Å². The van der Waals surface area contributed by atoms with Gasteiger partial charge in [0.15, 0.2) is 0 Å². The smallest absolute Gasteiger partial charge is 0.00914 e. The summed E-state index contributed by atoms with van der Waals surface area (Å²) in [7, 11) is 0. The molecule has 0 heterocycles. The van der Waals surface area contributed by atoms with Gasteiger partial charge in [0.1, 0.15) is 0 Å². The van der Waals surface area contributed by atoms with Gasteiger partial charge in [-0.15, -0.1) is 11.8 Å². The highest BCUT2D eigenvalue weighted by Gasteiger charge is 2.11. The van der Waals surface area contributed by atoms with Crippen LogP contribution in [0.25, 0.3) is 0 Å². The van der Waals surface area contributed by atoms with Crippen molar-refractivity contribution in [1.82, 2.24) is 0 Å². The zero-order valence-electron chi connectivity index (χ0n) is 16.2. The predicted molar refractivity (Wildman–Crippen MR) is 106 cm³/mol. The second-order valence-corrected chi connectivity index (χ2v) is 7.32. The summed E-state index contributed by atoms with van der Waals surface area (Å²) < 4.78 is 0. The van der Waals surface area contributed by atoms with Gasteiger partial charge in [0.2, 0.25) is 0 Å². The standard InChI is InChI=1S/C23H42/c1-5-7-9-10-11-12-13-14-15-16-17-19-21-23(22(3)4)20-18-8-6-2/h22-23H,1-2,5-15,18-21H2,3-4H3. The van der Waals surface area contributed by atoms with Gasteiger partial charge >= 0.3 is 0 Å². The van der Waals surface area contributed by atoms with E-state index in [0.717, 1.165) is 37.5 Å². The fourth-order valence-electron chi connectivity index (χ4n) is 3.10. The Bertz CT molecular complexity index is 278. The Morgan fingerprint density at radius 1 is 0.609 bits per heavy atom. The van der Waals surface area contributed by atoms with Crippen molar-refractivity contribution in [2.45, 2.75) is 110 Å². The minimum Gasteiger partial charge on any atom is -0.103 e. The molecule has 0 aromatic heterocycles. The summed E-state index contributed by atoms with van der Waals surface area (Å²) in [5.41, 5.74) is 0.